The molecule has 1 aliphatic rings. The van der Waals surface area contributed by atoms with Crippen LogP contribution in [0.2, 0.25) is 0 Å². The van der Waals surface area contributed by atoms with Crippen LogP contribution in [0.5, 0.6) is 0 Å². The Morgan fingerprint density at radius 2 is 2.00 bits per heavy atom. The van der Waals surface area contributed by atoms with Crippen molar-refractivity contribution in [1.82, 2.24) is 15.8 Å². The predicted molar refractivity (Wildman–Crippen MR) is 91.4 cm³/mol. The summed E-state index contributed by atoms with van der Waals surface area (Å²) in [4.78, 5) is 38.2. The Labute approximate surface area is 142 Å². The lowest BCUT2D eigenvalue weighted by Crippen LogP contribution is -2.50. The Morgan fingerprint density at radius 1 is 1.33 bits per heavy atom. The lowest BCUT2D eigenvalue weighted by Gasteiger charge is -2.23. The molecule has 7 nitrogen and oxygen atoms in total. The molecule has 130 valence electrons. The van der Waals surface area contributed by atoms with Gasteiger partial charge in [0.15, 0.2) is 0 Å². The van der Waals surface area contributed by atoms with Crippen LogP contribution >= 0.6 is 0 Å². The number of anilines is 1. The van der Waals surface area contributed by atoms with Crippen LogP contribution in [0.3, 0.4) is 0 Å². The molecule has 4 amide bonds. The molecule has 1 aromatic carbocycles. The van der Waals surface area contributed by atoms with Gasteiger partial charge in [0.1, 0.15) is 5.54 Å². The molecule has 0 radical (unpaired) electrons. The number of hydrogen-bond acceptors (Lipinski definition) is 4. The van der Waals surface area contributed by atoms with E-state index in [4.69, 9.17) is 0 Å². The van der Waals surface area contributed by atoms with Gasteiger partial charge >= 0.3 is 6.03 Å². The molecule has 24 heavy (non-hydrogen) atoms. The van der Waals surface area contributed by atoms with E-state index in [0.717, 1.165) is 21.8 Å². The predicted octanol–water partition coefficient (Wildman–Crippen LogP) is 1.49. The molecule has 1 heterocycles. The van der Waals surface area contributed by atoms with Crippen molar-refractivity contribution in [2.24, 2.45) is 0 Å². The Bertz CT molecular complexity index is 688. The number of carbonyl (C=O) groups excluding carboxylic acids is 3. The quantitative estimate of drug-likeness (QED) is 0.801. The van der Waals surface area contributed by atoms with Crippen molar-refractivity contribution in [3.8, 4) is 0 Å². The van der Waals surface area contributed by atoms with Gasteiger partial charge in [0, 0.05) is 12.7 Å². The van der Waals surface area contributed by atoms with Crippen molar-refractivity contribution < 1.29 is 14.4 Å². The number of aryl methyl sites for hydroxylation is 2. The topological polar surface area (TPSA) is 81.8 Å². The summed E-state index contributed by atoms with van der Waals surface area (Å²) >= 11 is 0. The molecule has 0 spiro atoms. The van der Waals surface area contributed by atoms with Gasteiger partial charge in [-0.1, -0.05) is 24.6 Å². The van der Waals surface area contributed by atoms with Crippen LogP contribution in [0.25, 0.3) is 0 Å². The van der Waals surface area contributed by atoms with E-state index in [1.165, 1.54) is 0 Å². The Hall–Kier alpha value is -2.57. The summed E-state index contributed by atoms with van der Waals surface area (Å²) in [6, 6.07) is 5.35. The molecule has 0 aliphatic carbocycles. The monoisotopic (exact) mass is 332 g/mol. The zero-order valence-electron chi connectivity index (χ0n) is 14.8. The van der Waals surface area contributed by atoms with Crippen molar-refractivity contribution in [2.75, 3.05) is 18.5 Å². The number of carbonyl (C=O) groups is 3. The molecule has 2 N–H and O–H groups in total. The van der Waals surface area contributed by atoms with E-state index in [2.05, 4.69) is 10.7 Å². The normalized spacial score (nSPS) is 20.1. The summed E-state index contributed by atoms with van der Waals surface area (Å²) in [7, 11) is 1.79. The first-order valence-corrected chi connectivity index (χ1v) is 7.92. The molecule has 0 aromatic heterocycles. The van der Waals surface area contributed by atoms with E-state index in [-0.39, 0.29) is 6.54 Å². The van der Waals surface area contributed by atoms with Gasteiger partial charge in [-0.3, -0.25) is 15.0 Å². The van der Waals surface area contributed by atoms with Crippen LogP contribution in [-0.2, 0) is 9.59 Å². The largest absolute Gasteiger partial charge is 0.365 e. The smallest absolute Gasteiger partial charge is 0.344 e. The van der Waals surface area contributed by atoms with Crippen molar-refractivity contribution >= 4 is 23.5 Å². The molecule has 1 aromatic rings. The van der Waals surface area contributed by atoms with Gasteiger partial charge in [-0.2, -0.15) is 5.01 Å². The molecular weight excluding hydrogens is 308 g/mol. The second kappa shape index (κ2) is 6.51. The van der Waals surface area contributed by atoms with Crippen LogP contribution in [0.4, 0.5) is 10.5 Å². The highest BCUT2D eigenvalue weighted by Crippen LogP contribution is 2.21. The fourth-order valence-electron chi connectivity index (χ4n) is 2.72. The molecule has 0 bridgehead atoms. The summed E-state index contributed by atoms with van der Waals surface area (Å²) in [5.41, 5.74) is 4.54. The Morgan fingerprint density at radius 3 is 2.54 bits per heavy atom. The number of nitrogens with zero attached hydrogens (tertiary/aromatic N) is 2. The van der Waals surface area contributed by atoms with Crippen LogP contribution in [-0.4, -0.2) is 42.0 Å². The van der Waals surface area contributed by atoms with E-state index < -0.39 is 23.4 Å². The fourth-order valence-corrected chi connectivity index (χ4v) is 2.72. The molecular formula is C17H24N4O3. The number of likely N-dealkylation sites (N-methyl/N-ethyl adjacent to an activating group) is 1. The number of hydrazine groups is 1. The zero-order valence-corrected chi connectivity index (χ0v) is 14.8. The van der Waals surface area contributed by atoms with Crippen molar-refractivity contribution in [2.45, 2.75) is 39.7 Å². The molecule has 0 saturated carbocycles. The van der Waals surface area contributed by atoms with Crippen LogP contribution < -0.4 is 15.6 Å². The summed E-state index contributed by atoms with van der Waals surface area (Å²) in [6.07, 6.45) is 0.451. The van der Waals surface area contributed by atoms with Gasteiger partial charge < -0.3 is 10.2 Å². The lowest BCUT2D eigenvalue weighted by molar-refractivity contribution is -0.138. The second-order valence-electron chi connectivity index (χ2n) is 6.44. The number of imide groups is 1. The molecule has 1 fully saturated rings. The van der Waals surface area contributed by atoms with Gasteiger partial charge in [0.25, 0.3) is 11.8 Å². The lowest BCUT2D eigenvalue weighted by atomic mass is 10.00. The molecule has 1 atom stereocenters. The second-order valence-corrected chi connectivity index (χ2v) is 6.44. The van der Waals surface area contributed by atoms with Gasteiger partial charge in [-0.25, -0.2) is 4.79 Å². The molecule has 2 rings (SSSR count). The van der Waals surface area contributed by atoms with E-state index in [0.29, 0.717) is 6.42 Å². The Kier molecular flexibility index (Phi) is 4.82. The maximum Gasteiger partial charge on any atom is 0.344 e. The van der Waals surface area contributed by atoms with Crippen LogP contribution in [0.1, 0.15) is 31.4 Å². The van der Waals surface area contributed by atoms with E-state index in [1.54, 1.807) is 25.8 Å². The summed E-state index contributed by atoms with van der Waals surface area (Å²) in [5, 5.41) is 3.36. The third kappa shape index (κ3) is 3.34. The number of urea groups is 1. The first kappa shape index (κ1) is 17.8. The average molecular weight is 332 g/mol. The maximum atomic E-state index is 12.3. The zero-order chi connectivity index (χ0) is 18.1. The van der Waals surface area contributed by atoms with E-state index in [1.807, 2.05) is 32.0 Å². The average Bonchev–Trinajstić information content (AvgIpc) is 2.71. The van der Waals surface area contributed by atoms with Gasteiger partial charge in [-0.05, 0) is 38.8 Å². The highest BCUT2D eigenvalue weighted by molar-refractivity contribution is 6.07. The fraction of sp³-hybridized carbons (Fsp3) is 0.471. The molecule has 7 heteroatoms. The minimum Gasteiger partial charge on any atom is -0.365 e. The van der Waals surface area contributed by atoms with Gasteiger partial charge in [-0.15, -0.1) is 0 Å². The molecule has 0 unspecified atom stereocenters. The summed E-state index contributed by atoms with van der Waals surface area (Å²) in [6.45, 7) is 7.45. The summed E-state index contributed by atoms with van der Waals surface area (Å²) in [5.74, 6) is -0.876. The highest BCUT2D eigenvalue weighted by Gasteiger charge is 2.47. The number of hydrogen-bond donors (Lipinski definition) is 2. The Balaban J connectivity index is 2.03. The third-order valence-electron chi connectivity index (χ3n) is 4.35. The van der Waals surface area contributed by atoms with Crippen molar-refractivity contribution in [3.05, 3.63) is 29.3 Å². The first-order chi connectivity index (χ1) is 11.2. The number of amides is 4. The molecule has 1 aliphatic heterocycles. The first-order valence-electron chi connectivity index (χ1n) is 7.92. The van der Waals surface area contributed by atoms with Gasteiger partial charge in [0.05, 0.1) is 6.54 Å². The summed E-state index contributed by atoms with van der Waals surface area (Å²) < 4.78 is 0. The number of nitrogens with one attached hydrogen (secondary N) is 2. The highest BCUT2D eigenvalue weighted by atomic mass is 16.2. The standard InChI is InChI=1S/C17H24N4O3/c1-6-17(4)15(23)21(16(24)18-17)19-14(22)10-20(5)13-8-7-11(2)9-12(13)3/h7-9H,6,10H2,1-5H3,(H,18,24)(H,19,22)/t17-/m1/s1. The number of benzene rings is 1. The molecule has 1 saturated heterocycles. The minimum absolute atomic E-state index is 0.0315. The van der Waals surface area contributed by atoms with Crippen molar-refractivity contribution in [1.29, 1.82) is 0 Å². The van der Waals surface area contributed by atoms with Crippen molar-refractivity contribution in [3.63, 3.8) is 0 Å². The SMILES string of the molecule is CC[C@@]1(C)NC(=O)N(NC(=O)CN(C)c2ccc(C)cc2C)C1=O. The van der Waals surface area contributed by atoms with Gasteiger partial charge in [0.2, 0.25) is 0 Å². The maximum absolute atomic E-state index is 12.3. The minimum atomic E-state index is -0.968. The van der Waals surface area contributed by atoms with Crippen LogP contribution in [0, 0.1) is 13.8 Å². The third-order valence-corrected chi connectivity index (χ3v) is 4.35. The van der Waals surface area contributed by atoms with E-state index >= 15 is 0 Å². The van der Waals surface area contributed by atoms with Crippen LogP contribution in [0.15, 0.2) is 18.2 Å². The van der Waals surface area contributed by atoms with E-state index in [9.17, 15) is 14.4 Å². The number of rotatable bonds is 5.